The Bertz CT molecular complexity index is 224. The Labute approximate surface area is 90.0 Å². The highest BCUT2D eigenvalue weighted by Gasteiger charge is 2.19. The van der Waals surface area contributed by atoms with Crippen molar-refractivity contribution in [3.05, 3.63) is 0 Å². The van der Waals surface area contributed by atoms with E-state index in [-0.39, 0.29) is 0 Å². The average Bonchev–Trinajstić information content (AvgIpc) is 2.17. The van der Waals surface area contributed by atoms with Crippen molar-refractivity contribution in [2.24, 2.45) is 0 Å². The third-order valence-corrected chi connectivity index (χ3v) is 3.88. The first-order chi connectivity index (χ1) is 6.58. The van der Waals surface area contributed by atoms with Gasteiger partial charge in [-0.25, -0.2) is 8.42 Å². The van der Waals surface area contributed by atoms with Gasteiger partial charge >= 0.3 is 0 Å². The summed E-state index contributed by atoms with van der Waals surface area (Å²) in [5.41, 5.74) is 0. The minimum absolute atomic E-state index is 0.301. The molecule has 0 rings (SSSR count). The molecular formula is C7H16ClNO4S. The van der Waals surface area contributed by atoms with Crippen LogP contribution in [0.2, 0.25) is 0 Å². The number of methoxy groups -OCH3 is 2. The molecular weight excluding hydrogens is 230 g/mol. The fourth-order valence-electron chi connectivity index (χ4n) is 0.845. The maximum Gasteiger partial charge on any atom is 0.228 e. The van der Waals surface area contributed by atoms with E-state index in [1.165, 1.54) is 18.5 Å². The minimum Gasteiger partial charge on any atom is -0.383 e. The largest absolute Gasteiger partial charge is 0.383 e. The molecule has 0 saturated carbocycles. The van der Waals surface area contributed by atoms with Crippen LogP contribution in [0, 0.1) is 0 Å². The maximum atomic E-state index is 11.4. The van der Waals surface area contributed by atoms with Crippen molar-refractivity contribution in [3.63, 3.8) is 0 Å². The summed E-state index contributed by atoms with van der Waals surface area (Å²) in [6, 6.07) is 0. The quantitative estimate of drug-likeness (QED) is 0.570. The Morgan fingerprint density at radius 1 is 1.14 bits per heavy atom. The predicted octanol–water partition coefficient (Wildman–Crippen LogP) is 0.107. The molecule has 0 aliphatic heterocycles. The number of ether oxygens (including phenoxy) is 2. The lowest BCUT2D eigenvalue weighted by atomic mass is 10.6. The van der Waals surface area contributed by atoms with Crippen LogP contribution in [0.15, 0.2) is 0 Å². The summed E-state index contributed by atoms with van der Waals surface area (Å²) in [5.74, 6) is 0. The smallest absolute Gasteiger partial charge is 0.228 e. The first-order valence-electron chi connectivity index (χ1n) is 4.10. The number of halogens is 1. The molecule has 0 aromatic heterocycles. The number of nitrogens with zero attached hydrogens (tertiary/aromatic N) is 1. The molecule has 0 unspecified atom stereocenters. The molecule has 5 nitrogen and oxygen atoms in total. The van der Waals surface area contributed by atoms with Gasteiger partial charge in [0.25, 0.3) is 0 Å². The van der Waals surface area contributed by atoms with Crippen LogP contribution < -0.4 is 0 Å². The molecule has 0 bridgehead atoms. The van der Waals surface area contributed by atoms with Gasteiger partial charge in [0.2, 0.25) is 10.0 Å². The molecule has 86 valence electrons. The number of hydrogen-bond acceptors (Lipinski definition) is 4. The Kier molecular flexibility index (Phi) is 7.48. The van der Waals surface area contributed by atoms with E-state index in [4.69, 9.17) is 21.1 Å². The van der Waals surface area contributed by atoms with Crippen molar-refractivity contribution in [2.75, 3.05) is 45.7 Å². The third-order valence-electron chi connectivity index (χ3n) is 1.62. The molecule has 7 heteroatoms. The second-order valence-electron chi connectivity index (χ2n) is 2.61. The van der Waals surface area contributed by atoms with Gasteiger partial charge in [-0.2, -0.15) is 4.31 Å². The zero-order chi connectivity index (χ0) is 11.0. The second-order valence-corrected chi connectivity index (χ2v) is 5.16. The van der Waals surface area contributed by atoms with Gasteiger partial charge in [-0.1, -0.05) is 0 Å². The summed E-state index contributed by atoms with van der Waals surface area (Å²) in [4.78, 5) is 0. The average molecular weight is 246 g/mol. The molecule has 0 amide bonds. The monoisotopic (exact) mass is 245 g/mol. The first kappa shape index (κ1) is 14.1. The molecule has 0 aromatic carbocycles. The van der Waals surface area contributed by atoms with E-state index in [1.807, 2.05) is 0 Å². The second kappa shape index (κ2) is 7.42. The summed E-state index contributed by atoms with van der Waals surface area (Å²) in [6.45, 7) is 1.30. The molecule has 0 aromatic rings. The van der Waals surface area contributed by atoms with Crippen LogP contribution in [0.1, 0.15) is 0 Å². The number of alkyl halides is 1. The van der Waals surface area contributed by atoms with E-state index in [0.29, 0.717) is 26.3 Å². The zero-order valence-corrected chi connectivity index (χ0v) is 9.97. The van der Waals surface area contributed by atoms with E-state index in [2.05, 4.69) is 0 Å². The van der Waals surface area contributed by atoms with Crippen LogP contribution in [-0.4, -0.2) is 58.5 Å². The lowest BCUT2D eigenvalue weighted by molar-refractivity contribution is 0.150. The van der Waals surface area contributed by atoms with Gasteiger partial charge in [-0.3, -0.25) is 0 Å². The van der Waals surface area contributed by atoms with E-state index in [9.17, 15) is 8.42 Å². The number of sulfonamides is 1. The summed E-state index contributed by atoms with van der Waals surface area (Å²) in [6.07, 6.45) is 0. The molecule has 0 fully saturated rings. The van der Waals surface area contributed by atoms with Gasteiger partial charge in [0.15, 0.2) is 0 Å². The highest BCUT2D eigenvalue weighted by Crippen LogP contribution is 2.03. The molecule has 0 saturated heterocycles. The minimum atomic E-state index is -3.37. The van der Waals surface area contributed by atoms with Crippen molar-refractivity contribution in [3.8, 4) is 0 Å². The van der Waals surface area contributed by atoms with E-state index < -0.39 is 15.2 Å². The van der Waals surface area contributed by atoms with Crippen LogP contribution in [0.3, 0.4) is 0 Å². The van der Waals surface area contributed by atoms with E-state index >= 15 is 0 Å². The lowest BCUT2D eigenvalue weighted by Crippen LogP contribution is -2.37. The Balaban J connectivity index is 4.23. The highest BCUT2D eigenvalue weighted by atomic mass is 35.5. The Hall–Kier alpha value is 0.120. The fourth-order valence-corrected chi connectivity index (χ4v) is 2.10. The van der Waals surface area contributed by atoms with Crippen LogP contribution in [0.25, 0.3) is 0 Å². The predicted molar refractivity (Wildman–Crippen MR) is 55.0 cm³/mol. The standard InChI is InChI=1S/C7H16ClNO4S/c1-12-5-3-9(4-6-13-2)14(10,11)7-8/h3-7H2,1-2H3. The molecule has 0 radical (unpaired) electrons. The molecule has 0 heterocycles. The van der Waals surface area contributed by atoms with E-state index in [1.54, 1.807) is 0 Å². The van der Waals surface area contributed by atoms with Crippen LogP contribution in [0.5, 0.6) is 0 Å². The fraction of sp³-hybridized carbons (Fsp3) is 1.00. The summed E-state index contributed by atoms with van der Waals surface area (Å²) in [7, 11) is -0.335. The first-order valence-corrected chi connectivity index (χ1v) is 6.24. The molecule has 0 spiro atoms. The van der Waals surface area contributed by atoms with Crippen molar-refractivity contribution >= 4 is 21.6 Å². The van der Waals surface area contributed by atoms with Crippen LogP contribution in [-0.2, 0) is 19.5 Å². The summed E-state index contributed by atoms with van der Waals surface area (Å²) < 4.78 is 33.6. The van der Waals surface area contributed by atoms with Crippen LogP contribution >= 0.6 is 11.6 Å². The third kappa shape index (κ3) is 5.11. The van der Waals surface area contributed by atoms with Gasteiger partial charge in [0.1, 0.15) is 5.21 Å². The van der Waals surface area contributed by atoms with Gasteiger partial charge in [-0.05, 0) is 0 Å². The van der Waals surface area contributed by atoms with Crippen molar-refractivity contribution in [2.45, 2.75) is 0 Å². The molecule has 0 N–H and O–H groups in total. The van der Waals surface area contributed by atoms with Gasteiger partial charge in [0.05, 0.1) is 13.2 Å². The van der Waals surface area contributed by atoms with Gasteiger partial charge < -0.3 is 9.47 Å². The van der Waals surface area contributed by atoms with Crippen molar-refractivity contribution in [1.82, 2.24) is 4.31 Å². The topological polar surface area (TPSA) is 55.8 Å². The number of hydrogen-bond donors (Lipinski definition) is 0. The molecule has 0 atom stereocenters. The summed E-state index contributed by atoms with van der Waals surface area (Å²) in [5, 5.41) is -0.416. The van der Waals surface area contributed by atoms with Crippen molar-refractivity contribution in [1.29, 1.82) is 0 Å². The van der Waals surface area contributed by atoms with Gasteiger partial charge in [-0.15, -0.1) is 11.6 Å². The number of rotatable bonds is 8. The summed E-state index contributed by atoms with van der Waals surface area (Å²) >= 11 is 5.33. The Morgan fingerprint density at radius 2 is 1.57 bits per heavy atom. The zero-order valence-electron chi connectivity index (χ0n) is 8.40. The SMILES string of the molecule is COCCN(CCOC)S(=O)(=O)CCl. The molecule has 0 aliphatic carbocycles. The van der Waals surface area contributed by atoms with E-state index in [0.717, 1.165) is 0 Å². The maximum absolute atomic E-state index is 11.4. The lowest BCUT2D eigenvalue weighted by Gasteiger charge is -2.19. The normalized spacial score (nSPS) is 12.3. The Morgan fingerprint density at radius 3 is 1.86 bits per heavy atom. The van der Waals surface area contributed by atoms with Crippen LogP contribution in [0.4, 0.5) is 0 Å². The molecule has 14 heavy (non-hydrogen) atoms. The van der Waals surface area contributed by atoms with Crippen molar-refractivity contribution < 1.29 is 17.9 Å². The van der Waals surface area contributed by atoms with Gasteiger partial charge in [0, 0.05) is 27.3 Å². The molecule has 0 aliphatic rings. The highest BCUT2D eigenvalue weighted by molar-refractivity contribution is 7.90.